The van der Waals surface area contributed by atoms with Crippen LogP contribution in [0.15, 0.2) is 34.8 Å². The number of ether oxygens (including phenoxy) is 1. The Labute approximate surface area is 177 Å². The molecule has 1 N–H and O–H groups in total. The lowest BCUT2D eigenvalue weighted by Crippen LogP contribution is -2.14. The number of aromatic nitrogens is 3. The lowest BCUT2D eigenvalue weighted by molar-refractivity contribution is -0.113. The predicted molar refractivity (Wildman–Crippen MR) is 114 cm³/mol. The quantitative estimate of drug-likeness (QED) is 0.543. The number of hydrogen-bond donors (Lipinski definition) is 1. The molecule has 2 aromatic heterocycles. The fourth-order valence-corrected chi connectivity index (χ4v) is 4.38. The van der Waals surface area contributed by atoms with Crippen LogP contribution in [0.1, 0.15) is 29.4 Å². The number of thiophene rings is 1. The maximum Gasteiger partial charge on any atom is 0.235 e. The molecular weight excluding hydrogens is 406 g/mol. The number of carbonyl (C=O) groups excluding carboxylic acids is 1. The average Bonchev–Trinajstić information content (AvgIpc) is 3.29. The minimum absolute atomic E-state index is 0.179. The molecule has 0 atom stereocenters. The first-order chi connectivity index (χ1) is 14.0. The summed E-state index contributed by atoms with van der Waals surface area (Å²) in [6.07, 6.45) is 0. The Morgan fingerprint density at radius 1 is 1.31 bits per heavy atom. The van der Waals surface area contributed by atoms with E-state index in [-0.39, 0.29) is 11.7 Å². The number of aryl methyl sites for hydroxylation is 2. The van der Waals surface area contributed by atoms with Crippen molar-refractivity contribution in [2.24, 2.45) is 0 Å². The summed E-state index contributed by atoms with van der Waals surface area (Å²) in [6.45, 7) is 7.04. The van der Waals surface area contributed by atoms with Crippen LogP contribution in [0.3, 0.4) is 0 Å². The zero-order valence-electron chi connectivity index (χ0n) is 16.4. The van der Waals surface area contributed by atoms with Crippen LogP contribution in [0, 0.1) is 25.2 Å². The van der Waals surface area contributed by atoms with E-state index in [2.05, 4.69) is 27.6 Å². The molecule has 29 heavy (non-hydrogen) atoms. The Morgan fingerprint density at radius 3 is 2.76 bits per heavy atom. The van der Waals surface area contributed by atoms with E-state index in [1.807, 2.05) is 37.5 Å². The first-order valence-corrected chi connectivity index (χ1v) is 10.9. The maximum absolute atomic E-state index is 12.2. The van der Waals surface area contributed by atoms with Crippen molar-refractivity contribution in [3.63, 3.8) is 0 Å². The highest BCUT2D eigenvalue weighted by Gasteiger charge is 2.15. The number of nitriles is 1. The number of thioether (sulfide) groups is 1. The molecule has 7 nitrogen and oxygen atoms in total. The highest BCUT2D eigenvalue weighted by atomic mass is 32.2. The second-order valence-corrected chi connectivity index (χ2v) is 8.23. The van der Waals surface area contributed by atoms with Gasteiger partial charge in [-0.2, -0.15) is 5.26 Å². The predicted octanol–water partition coefficient (Wildman–Crippen LogP) is 4.16. The summed E-state index contributed by atoms with van der Waals surface area (Å²) in [5.74, 6) is 1.50. The first-order valence-electron chi connectivity index (χ1n) is 9.03. The molecule has 0 aliphatic rings. The van der Waals surface area contributed by atoms with Crippen molar-refractivity contribution in [1.82, 2.24) is 14.8 Å². The number of amides is 1. The third-order valence-electron chi connectivity index (χ3n) is 4.04. The molecule has 0 saturated carbocycles. The second-order valence-electron chi connectivity index (χ2n) is 6.37. The van der Waals surface area contributed by atoms with Gasteiger partial charge in [0.25, 0.3) is 0 Å². The zero-order valence-corrected chi connectivity index (χ0v) is 18.1. The molecule has 0 aliphatic carbocycles. The third-order valence-corrected chi connectivity index (χ3v) is 5.84. The van der Waals surface area contributed by atoms with Gasteiger partial charge < -0.3 is 14.6 Å². The number of hydrogen-bond acceptors (Lipinski definition) is 7. The van der Waals surface area contributed by atoms with Gasteiger partial charge in [0.1, 0.15) is 23.4 Å². The van der Waals surface area contributed by atoms with Crippen LogP contribution in [0.5, 0.6) is 5.75 Å². The standard InChI is InChI=1S/C20H21N5O2S2/c1-4-25-17(11-27-16-8-13(2)7-14(3)9-16)23-24-20(25)29-12-18(26)22-19-15(10-21)5-6-28-19/h5-9H,4,11-12H2,1-3H3,(H,22,26). The molecule has 3 rings (SSSR count). The van der Waals surface area contributed by atoms with Crippen LogP contribution in [0.4, 0.5) is 5.00 Å². The SMILES string of the molecule is CCn1c(COc2cc(C)cc(C)c2)nnc1SCC(=O)Nc1sccc1C#N. The Bertz CT molecular complexity index is 1030. The van der Waals surface area contributed by atoms with Crippen molar-refractivity contribution in [1.29, 1.82) is 5.26 Å². The molecule has 9 heteroatoms. The third kappa shape index (κ3) is 5.37. The fourth-order valence-electron chi connectivity index (χ4n) is 2.80. The molecule has 3 aromatic rings. The van der Waals surface area contributed by atoms with Crippen molar-refractivity contribution in [3.8, 4) is 11.8 Å². The van der Waals surface area contributed by atoms with Gasteiger partial charge in [0.05, 0.1) is 11.3 Å². The molecule has 2 heterocycles. The van der Waals surface area contributed by atoms with E-state index in [9.17, 15) is 4.79 Å². The van der Waals surface area contributed by atoms with Crippen LogP contribution >= 0.6 is 23.1 Å². The van der Waals surface area contributed by atoms with Gasteiger partial charge in [0.15, 0.2) is 11.0 Å². The minimum atomic E-state index is -0.187. The number of nitrogens with zero attached hydrogens (tertiary/aromatic N) is 4. The monoisotopic (exact) mass is 427 g/mol. The zero-order chi connectivity index (χ0) is 20.8. The summed E-state index contributed by atoms with van der Waals surface area (Å²) in [6, 6.07) is 9.81. The van der Waals surface area contributed by atoms with E-state index in [4.69, 9.17) is 10.00 Å². The normalized spacial score (nSPS) is 10.6. The molecule has 0 saturated heterocycles. The number of nitrogens with one attached hydrogen (secondary N) is 1. The van der Waals surface area contributed by atoms with Crippen molar-refractivity contribution >= 4 is 34.0 Å². The van der Waals surface area contributed by atoms with E-state index in [1.54, 1.807) is 11.4 Å². The van der Waals surface area contributed by atoms with Gasteiger partial charge in [-0.1, -0.05) is 17.8 Å². The Morgan fingerprint density at radius 2 is 2.07 bits per heavy atom. The Kier molecular flexibility index (Phi) is 6.90. The first kappa shape index (κ1) is 20.9. The van der Waals surface area contributed by atoms with Gasteiger partial charge >= 0.3 is 0 Å². The molecule has 0 spiro atoms. The van der Waals surface area contributed by atoms with E-state index in [0.29, 0.717) is 34.7 Å². The van der Waals surface area contributed by atoms with E-state index in [0.717, 1.165) is 16.9 Å². The number of anilines is 1. The van der Waals surface area contributed by atoms with Crippen molar-refractivity contribution in [3.05, 3.63) is 52.2 Å². The van der Waals surface area contributed by atoms with Crippen molar-refractivity contribution < 1.29 is 9.53 Å². The summed E-state index contributed by atoms with van der Waals surface area (Å²) in [4.78, 5) is 12.2. The summed E-state index contributed by atoms with van der Waals surface area (Å²) in [5.41, 5.74) is 2.75. The fraction of sp³-hybridized carbons (Fsp3) is 0.300. The summed E-state index contributed by atoms with van der Waals surface area (Å²) >= 11 is 2.63. The topological polar surface area (TPSA) is 92.8 Å². The molecule has 1 aromatic carbocycles. The van der Waals surface area contributed by atoms with Crippen LogP contribution < -0.4 is 10.1 Å². The van der Waals surface area contributed by atoms with Crippen LogP contribution in [0.2, 0.25) is 0 Å². The molecule has 0 radical (unpaired) electrons. The minimum Gasteiger partial charge on any atom is -0.486 e. The number of benzene rings is 1. The summed E-state index contributed by atoms with van der Waals surface area (Å²) < 4.78 is 7.83. The highest BCUT2D eigenvalue weighted by Crippen LogP contribution is 2.24. The van der Waals surface area contributed by atoms with Crippen molar-refractivity contribution in [2.75, 3.05) is 11.1 Å². The molecule has 150 valence electrons. The Balaban J connectivity index is 1.60. The molecule has 0 aliphatic heterocycles. The highest BCUT2D eigenvalue weighted by molar-refractivity contribution is 7.99. The van der Waals surface area contributed by atoms with E-state index < -0.39 is 0 Å². The molecule has 0 fully saturated rings. The van der Waals surface area contributed by atoms with Gasteiger partial charge in [0.2, 0.25) is 5.91 Å². The van der Waals surface area contributed by atoms with Gasteiger partial charge in [-0.3, -0.25) is 4.79 Å². The van der Waals surface area contributed by atoms with Gasteiger partial charge in [-0.05, 0) is 55.5 Å². The van der Waals surface area contributed by atoms with Crippen LogP contribution in [-0.2, 0) is 17.9 Å². The number of rotatable bonds is 8. The lowest BCUT2D eigenvalue weighted by Gasteiger charge is -2.10. The van der Waals surface area contributed by atoms with Crippen LogP contribution in [-0.4, -0.2) is 26.4 Å². The van der Waals surface area contributed by atoms with Crippen LogP contribution in [0.25, 0.3) is 0 Å². The summed E-state index contributed by atoms with van der Waals surface area (Å²) in [5, 5.41) is 23.2. The maximum atomic E-state index is 12.2. The van der Waals surface area contributed by atoms with Gasteiger partial charge in [0, 0.05) is 6.54 Å². The van der Waals surface area contributed by atoms with Crippen molar-refractivity contribution in [2.45, 2.75) is 39.1 Å². The second kappa shape index (κ2) is 9.58. The molecule has 1 amide bonds. The van der Waals surface area contributed by atoms with Gasteiger partial charge in [-0.25, -0.2) is 0 Å². The van der Waals surface area contributed by atoms with E-state index in [1.165, 1.54) is 23.1 Å². The van der Waals surface area contributed by atoms with E-state index >= 15 is 0 Å². The summed E-state index contributed by atoms with van der Waals surface area (Å²) in [7, 11) is 0. The lowest BCUT2D eigenvalue weighted by atomic mass is 10.1. The average molecular weight is 428 g/mol. The largest absolute Gasteiger partial charge is 0.486 e. The van der Waals surface area contributed by atoms with Gasteiger partial charge in [-0.15, -0.1) is 21.5 Å². The Hall–Kier alpha value is -2.83. The molecule has 0 bridgehead atoms. The smallest absolute Gasteiger partial charge is 0.235 e. The molecular formula is C20H21N5O2S2. The molecule has 0 unspecified atom stereocenters. The number of carbonyl (C=O) groups is 1.